The molecule has 0 bridgehead atoms. The lowest BCUT2D eigenvalue weighted by atomic mass is 9.92. The first kappa shape index (κ1) is 22.5. The van der Waals surface area contributed by atoms with Gasteiger partial charge in [-0.1, -0.05) is 72.8 Å². The maximum absolute atomic E-state index is 5.33. The van der Waals surface area contributed by atoms with E-state index in [0.717, 1.165) is 29.9 Å². The fourth-order valence-electron chi connectivity index (χ4n) is 7.95. The van der Waals surface area contributed by atoms with E-state index in [1.807, 2.05) is 11.3 Å². The number of aliphatic imine (C=N–C) groups is 1. The van der Waals surface area contributed by atoms with Gasteiger partial charge in [0, 0.05) is 59.4 Å². The summed E-state index contributed by atoms with van der Waals surface area (Å²) in [6.07, 6.45) is 4.32. The van der Waals surface area contributed by atoms with Crippen LogP contribution >= 0.6 is 11.3 Å². The van der Waals surface area contributed by atoms with E-state index in [1.165, 1.54) is 75.4 Å². The van der Waals surface area contributed by atoms with Crippen molar-refractivity contribution >= 4 is 86.9 Å². The van der Waals surface area contributed by atoms with E-state index in [2.05, 4.69) is 118 Å². The number of aromatic nitrogens is 2. The van der Waals surface area contributed by atoms with Crippen molar-refractivity contribution in [3.05, 3.63) is 126 Å². The molecule has 2 aliphatic heterocycles. The number of rotatable bonds is 1. The predicted molar refractivity (Wildman–Crippen MR) is 181 cm³/mol. The van der Waals surface area contributed by atoms with Crippen LogP contribution in [0.15, 0.2) is 114 Å². The molecule has 43 heavy (non-hydrogen) atoms. The Labute approximate surface area is 250 Å². The lowest BCUT2D eigenvalue weighted by Gasteiger charge is -2.37. The summed E-state index contributed by atoms with van der Waals surface area (Å²) in [6, 6.07) is 37.6. The molecule has 1 atom stereocenters. The molecule has 5 aromatic carbocycles. The first-order valence-corrected chi connectivity index (χ1v) is 15.7. The van der Waals surface area contributed by atoms with E-state index >= 15 is 0 Å². The molecule has 8 aromatic rings. The number of para-hydroxylation sites is 3. The summed E-state index contributed by atoms with van der Waals surface area (Å²) >= 11 is 1.87. The van der Waals surface area contributed by atoms with Gasteiger partial charge in [-0.25, -0.2) is 0 Å². The van der Waals surface area contributed by atoms with E-state index in [4.69, 9.17) is 10.3 Å². The van der Waals surface area contributed by atoms with E-state index < -0.39 is 0 Å². The van der Waals surface area contributed by atoms with Gasteiger partial charge in [0.05, 0.1) is 28.0 Å². The third-order valence-corrected chi connectivity index (χ3v) is 10.8. The Balaban J connectivity index is 1.24. The molecule has 202 valence electrons. The minimum absolute atomic E-state index is 0.145. The van der Waals surface area contributed by atoms with Crippen molar-refractivity contribution < 1.29 is 0 Å². The molecule has 0 amide bonds. The number of thiophene rings is 1. The van der Waals surface area contributed by atoms with Crippen molar-refractivity contribution in [2.75, 3.05) is 0 Å². The summed E-state index contributed by atoms with van der Waals surface area (Å²) < 4.78 is 7.62. The maximum Gasteiger partial charge on any atom is 0.0581 e. The third-order valence-electron chi connectivity index (χ3n) is 9.67. The van der Waals surface area contributed by atoms with Gasteiger partial charge in [0.2, 0.25) is 0 Å². The highest BCUT2D eigenvalue weighted by atomic mass is 32.1. The van der Waals surface area contributed by atoms with Crippen LogP contribution in [0.25, 0.3) is 69.5 Å². The largest absolute Gasteiger partial charge is 0.658 e. The van der Waals surface area contributed by atoms with Crippen LogP contribution in [0, 0.1) is 0 Å². The highest BCUT2D eigenvalue weighted by molar-refractivity contribution is 7.25. The van der Waals surface area contributed by atoms with Crippen LogP contribution in [0.3, 0.4) is 0 Å². The number of nitrogens with zero attached hydrogens (tertiary/aromatic N) is 4. The Bertz CT molecular complexity index is 2610. The fourth-order valence-corrected chi connectivity index (χ4v) is 9.09. The summed E-state index contributed by atoms with van der Waals surface area (Å²) in [6.45, 7) is 0. The Morgan fingerprint density at radius 3 is 2.53 bits per heavy atom. The summed E-state index contributed by atoms with van der Waals surface area (Å²) in [5, 5.41) is 11.9. The zero-order valence-corrected chi connectivity index (χ0v) is 23.9. The first-order valence-electron chi connectivity index (χ1n) is 14.9. The zero-order valence-electron chi connectivity index (χ0n) is 23.1. The topological polar surface area (TPSA) is 36.3 Å². The van der Waals surface area contributed by atoms with Crippen molar-refractivity contribution in [2.45, 2.75) is 19.0 Å². The molecule has 0 radical (unpaired) electrons. The lowest BCUT2D eigenvalue weighted by molar-refractivity contribution is 0.781. The van der Waals surface area contributed by atoms with Gasteiger partial charge in [-0.2, -0.15) is 0 Å². The Morgan fingerprint density at radius 1 is 0.744 bits per heavy atom. The molecule has 4 nitrogen and oxygen atoms in total. The minimum atomic E-state index is -0.145. The van der Waals surface area contributed by atoms with Crippen LogP contribution in [-0.4, -0.2) is 14.8 Å². The van der Waals surface area contributed by atoms with Gasteiger partial charge in [0.1, 0.15) is 0 Å². The van der Waals surface area contributed by atoms with Crippen LogP contribution in [0.1, 0.15) is 23.8 Å². The average molecular weight is 568 g/mol. The second kappa shape index (κ2) is 7.82. The summed E-state index contributed by atoms with van der Waals surface area (Å²) in [7, 11) is 0. The van der Waals surface area contributed by atoms with Crippen molar-refractivity contribution in [3.63, 3.8) is 0 Å². The normalized spacial score (nSPS) is 16.9. The lowest BCUT2D eigenvalue weighted by Crippen LogP contribution is -2.13. The first-order chi connectivity index (χ1) is 21.3. The summed E-state index contributed by atoms with van der Waals surface area (Å²) in [4.78, 5) is 5.20. The molecule has 11 rings (SSSR count). The van der Waals surface area contributed by atoms with Crippen LogP contribution in [0.2, 0.25) is 0 Å². The molecule has 1 aliphatic carbocycles. The van der Waals surface area contributed by atoms with Crippen molar-refractivity contribution in [1.29, 1.82) is 0 Å². The predicted octanol–water partition coefficient (Wildman–Crippen LogP) is 10.7. The molecule has 1 unspecified atom stereocenters. The fraction of sp³-hybridized carbons (Fsp3) is 0.0789. The number of benzene rings is 5. The molecule has 0 saturated heterocycles. The van der Waals surface area contributed by atoms with Gasteiger partial charge in [-0.15, -0.1) is 17.0 Å². The summed E-state index contributed by atoms with van der Waals surface area (Å²) in [5.41, 5.74) is 12.0. The molecular weight excluding hydrogens is 545 g/mol. The van der Waals surface area contributed by atoms with Crippen molar-refractivity contribution in [1.82, 2.24) is 9.13 Å². The van der Waals surface area contributed by atoms with Crippen LogP contribution in [-0.2, 0) is 6.42 Å². The molecule has 5 heterocycles. The average Bonchev–Trinajstić information content (AvgIpc) is 3.78. The summed E-state index contributed by atoms with van der Waals surface area (Å²) in [5.74, 6) is 0. The van der Waals surface area contributed by atoms with E-state index in [-0.39, 0.29) is 6.17 Å². The highest BCUT2D eigenvalue weighted by Crippen LogP contribution is 2.54. The number of hydrogen-bond acceptors (Lipinski definition) is 2. The Morgan fingerprint density at radius 2 is 1.56 bits per heavy atom. The van der Waals surface area contributed by atoms with E-state index in [0.29, 0.717) is 0 Å². The van der Waals surface area contributed by atoms with E-state index in [9.17, 15) is 0 Å². The Hall–Kier alpha value is -5.13. The molecular formula is C38H23N4S-. The molecule has 0 spiro atoms. The molecule has 0 N–H and O–H groups in total. The SMILES string of the molecule is C1=C2C3=Nc4ccccc4[N-]C3n3c2c(c2ccc4c(c5ccccc5n4-c4ccc5c(c4)sc4ccccc45)c23)CC1. The number of fused-ring (bicyclic) bond motifs is 14. The monoisotopic (exact) mass is 567 g/mol. The van der Waals surface area contributed by atoms with Crippen LogP contribution in [0.4, 0.5) is 11.4 Å². The number of aryl methyl sites for hydroxylation is 1. The van der Waals surface area contributed by atoms with Crippen molar-refractivity contribution in [2.24, 2.45) is 4.99 Å². The third kappa shape index (κ3) is 2.74. The number of hydrogen-bond donors (Lipinski definition) is 0. The quantitative estimate of drug-likeness (QED) is 0.189. The van der Waals surface area contributed by atoms with Gasteiger partial charge in [-0.05, 0) is 54.8 Å². The molecule has 3 aliphatic rings. The van der Waals surface area contributed by atoms with Crippen LogP contribution in [0.5, 0.6) is 0 Å². The smallest absolute Gasteiger partial charge is 0.0581 e. The Kier molecular flexibility index (Phi) is 4.09. The van der Waals surface area contributed by atoms with Crippen molar-refractivity contribution in [3.8, 4) is 5.69 Å². The van der Waals surface area contributed by atoms with Gasteiger partial charge in [0.25, 0.3) is 0 Å². The van der Waals surface area contributed by atoms with Gasteiger partial charge in [0.15, 0.2) is 0 Å². The minimum Gasteiger partial charge on any atom is -0.658 e. The van der Waals surface area contributed by atoms with Gasteiger partial charge >= 0.3 is 0 Å². The zero-order chi connectivity index (χ0) is 27.8. The second-order valence-corrected chi connectivity index (χ2v) is 12.9. The molecule has 5 heteroatoms. The standard InChI is InChI=1S/C38H23N4S/c1-5-14-30-26(9-1)34-31(41(30)21-16-17-23-22-8-2-6-15-32(22)43-33(23)20-21)19-18-25-24-10-7-11-27-35-38(42(36(24)27)37(25)34)40-29-13-4-3-12-28(29)39-35/h1-6,8-9,11-20,38H,7,10H2/q-1. The molecule has 3 aromatic heterocycles. The van der Waals surface area contributed by atoms with Gasteiger partial charge in [-0.3, -0.25) is 4.99 Å². The second-order valence-electron chi connectivity index (χ2n) is 11.8. The van der Waals surface area contributed by atoms with E-state index in [1.54, 1.807) is 0 Å². The number of allylic oxidation sites excluding steroid dienone is 1. The molecule has 0 saturated carbocycles. The van der Waals surface area contributed by atoms with Crippen LogP contribution < -0.4 is 0 Å². The molecule has 0 fully saturated rings. The maximum atomic E-state index is 5.33. The highest BCUT2D eigenvalue weighted by Gasteiger charge is 2.37. The van der Waals surface area contributed by atoms with Gasteiger partial charge < -0.3 is 14.5 Å².